The first-order chi connectivity index (χ1) is 22.2. The van der Waals surface area contributed by atoms with E-state index in [1.807, 2.05) is 24.3 Å². The number of rotatable bonds is 13. The van der Waals surface area contributed by atoms with Gasteiger partial charge in [-0.1, -0.05) is 32.0 Å². The van der Waals surface area contributed by atoms with Crippen molar-refractivity contribution in [2.45, 2.75) is 76.8 Å². The summed E-state index contributed by atoms with van der Waals surface area (Å²) in [4.78, 5) is 104. The van der Waals surface area contributed by atoms with Crippen LogP contribution in [-0.2, 0) is 51.3 Å². The average Bonchev–Trinajstić information content (AvgIpc) is 3.37. The molecule has 1 saturated heterocycles. The van der Waals surface area contributed by atoms with E-state index in [1.165, 1.54) is 25.7 Å². The number of benzene rings is 1. The third-order valence-corrected chi connectivity index (χ3v) is 8.05. The van der Waals surface area contributed by atoms with Gasteiger partial charge in [0.05, 0.1) is 25.9 Å². The number of piperazine rings is 1. The number of H-pyrrole nitrogens is 1. The maximum Gasteiger partial charge on any atom is 0.326 e. The van der Waals surface area contributed by atoms with Gasteiger partial charge in [0, 0.05) is 23.0 Å². The van der Waals surface area contributed by atoms with Crippen LogP contribution in [0, 0.1) is 5.92 Å². The Balaban J connectivity index is 1.27. The van der Waals surface area contributed by atoms with Crippen LogP contribution in [0.5, 0.6) is 0 Å². The lowest BCUT2D eigenvalue weighted by Crippen LogP contribution is -2.65. The van der Waals surface area contributed by atoms with Crippen LogP contribution in [-0.4, -0.2) is 104 Å². The smallest absolute Gasteiger partial charge is 0.326 e. The van der Waals surface area contributed by atoms with Gasteiger partial charge in [-0.15, -0.1) is 0 Å². The molecule has 8 N–H and O–H groups in total. The lowest BCUT2D eigenvalue weighted by atomic mass is 9.92. The number of carbonyl (C=O) groups excluding carboxylic acids is 6. The molecule has 0 radical (unpaired) electrons. The molecule has 0 aliphatic carbocycles. The van der Waals surface area contributed by atoms with Gasteiger partial charge in [-0.3, -0.25) is 33.6 Å². The molecule has 17 nitrogen and oxygen atoms in total. The first-order valence-corrected chi connectivity index (χ1v) is 15.0. The summed E-state index contributed by atoms with van der Waals surface area (Å²) in [5.74, 6) is -7.64. The molecule has 17 heteroatoms. The summed E-state index contributed by atoms with van der Waals surface area (Å²) in [5.41, 5.74) is 2.68. The number of nitrogens with zero attached hydrogens (tertiary/aromatic N) is 1. The molecule has 47 heavy (non-hydrogen) atoms. The molecule has 252 valence electrons. The number of nitrogens with one attached hydrogen (secondary N) is 6. The highest BCUT2D eigenvalue weighted by Crippen LogP contribution is 2.32. The second kappa shape index (κ2) is 14.3. The summed E-state index contributed by atoms with van der Waals surface area (Å²) in [5, 5.41) is 31.0. The fourth-order valence-corrected chi connectivity index (χ4v) is 5.61. The maximum absolute atomic E-state index is 13.3. The number of aromatic amines is 1. The molecule has 1 aromatic carbocycles. The van der Waals surface area contributed by atoms with Crippen LogP contribution in [0.25, 0.3) is 10.9 Å². The summed E-state index contributed by atoms with van der Waals surface area (Å²) < 4.78 is 0. The fraction of sp³-hybridized carbons (Fsp3) is 0.467. The Labute approximate surface area is 268 Å². The molecule has 5 atom stereocenters. The monoisotopic (exact) mass is 655 g/mol. The van der Waals surface area contributed by atoms with E-state index in [1.54, 1.807) is 0 Å². The lowest BCUT2D eigenvalue weighted by Gasteiger charge is -2.41. The van der Waals surface area contributed by atoms with E-state index in [4.69, 9.17) is 5.11 Å². The van der Waals surface area contributed by atoms with E-state index in [2.05, 4.69) is 31.6 Å². The van der Waals surface area contributed by atoms with Gasteiger partial charge in [-0.05, 0) is 24.5 Å². The Morgan fingerprint density at radius 1 is 0.957 bits per heavy atom. The minimum atomic E-state index is -1.62. The number of amides is 6. The highest BCUT2D eigenvalue weighted by molar-refractivity contribution is 6.01. The summed E-state index contributed by atoms with van der Waals surface area (Å²) in [6, 6.07) is 1.62. The number of hydrogen-bond donors (Lipinski definition) is 8. The molecular weight excluding hydrogens is 618 g/mol. The number of carbonyl (C=O) groups is 8. The van der Waals surface area contributed by atoms with Crippen molar-refractivity contribution >= 4 is 58.3 Å². The number of carboxylic acid groups (broad SMARTS) is 2. The first kappa shape index (κ1) is 34.4. The highest BCUT2D eigenvalue weighted by atomic mass is 16.4. The summed E-state index contributed by atoms with van der Waals surface area (Å²) in [6.45, 7) is 3.87. The number of fused-ring (bicyclic) bond motifs is 4. The molecule has 0 spiro atoms. The van der Waals surface area contributed by atoms with Gasteiger partial charge >= 0.3 is 11.9 Å². The van der Waals surface area contributed by atoms with Gasteiger partial charge in [0.15, 0.2) is 0 Å². The van der Waals surface area contributed by atoms with E-state index in [0.717, 1.165) is 22.2 Å². The molecule has 1 aromatic heterocycles. The SMILES string of the molecule is CC(C)[C@H](NC(=O)[C@H](CC(=O)O)NC(=O)CNC(=O)[C@H](C)NC(=O)CC1NC(=O)[C@@H]2Cc3c([nH]c4ccccc34)CN2C1=O)C(=O)O. The molecule has 2 aliphatic rings. The van der Waals surface area contributed by atoms with Gasteiger partial charge in [0.2, 0.25) is 35.4 Å². The zero-order chi connectivity index (χ0) is 34.6. The Morgan fingerprint density at radius 2 is 1.66 bits per heavy atom. The van der Waals surface area contributed by atoms with E-state index >= 15 is 0 Å². The van der Waals surface area contributed by atoms with Gasteiger partial charge < -0.3 is 46.7 Å². The van der Waals surface area contributed by atoms with Crippen LogP contribution in [0.1, 0.15) is 44.9 Å². The number of aliphatic carboxylic acids is 2. The Morgan fingerprint density at radius 3 is 2.32 bits per heavy atom. The van der Waals surface area contributed by atoms with Crippen LogP contribution in [0.2, 0.25) is 0 Å². The molecule has 0 saturated carbocycles. The van der Waals surface area contributed by atoms with E-state index in [-0.39, 0.29) is 6.54 Å². The topological polar surface area (TPSA) is 256 Å². The standard InChI is InChI=1S/C30H37N7O10/c1-13(2)25(30(46)47)36-27(43)18(10-24(40)41)34-23(39)11-31-26(42)14(3)32-22(38)9-19-29(45)37-12-20-16(8-21(37)28(44)35-19)15-6-4-5-7-17(15)33-20/h4-7,13-14,18-19,21,25,33H,8-12H2,1-3H3,(H,31,42)(H,32,38)(H,34,39)(H,35,44)(H,36,43)(H,40,41)(H,46,47)/t14-,18-,19?,21-,25-/m0/s1. The van der Waals surface area contributed by atoms with Crippen molar-refractivity contribution in [1.29, 1.82) is 0 Å². The largest absolute Gasteiger partial charge is 0.481 e. The average molecular weight is 656 g/mol. The van der Waals surface area contributed by atoms with Gasteiger partial charge in [-0.2, -0.15) is 0 Å². The summed E-state index contributed by atoms with van der Waals surface area (Å²) in [6.07, 6.45) is -0.964. The fourth-order valence-electron chi connectivity index (χ4n) is 5.61. The van der Waals surface area contributed by atoms with Gasteiger partial charge in [-0.25, -0.2) is 4.79 Å². The summed E-state index contributed by atoms with van der Waals surface area (Å²) >= 11 is 0. The second-order valence-corrected chi connectivity index (χ2v) is 11.9. The number of hydrogen-bond acceptors (Lipinski definition) is 8. The normalized spacial score (nSPS) is 19.0. The summed E-state index contributed by atoms with van der Waals surface area (Å²) in [7, 11) is 0. The van der Waals surface area contributed by atoms with Crippen LogP contribution in [0.4, 0.5) is 0 Å². The van der Waals surface area contributed by atoms with Crippen LogP contribution in [0.3, 0.4) is 0 Å². The maximum atomic E-state index is 13.3. The van der Waals surface area contributed by atoms with Crippen molar-refractivity contribution in [2.75, 3.05) is 6.54 Å². The zero-order valence-electron chi connectivity index (χ0n) is 25.9. The third-order valence-electron chi connectivity index (χ3n) is 8.05. The zero-order valence-corrected chi connectivity index (χ0v) is 25.9. The lowest BCUT2D eigenvalue weighted by molar-refractivity contribution is -0.151. The Hall–Kier alpha value is -5.48. The Kier molecular flexibility index (Phi) is 10.5. The van der Waals surface area contributed by atoms with Crippen molar-refractivity contribution in [3.05, 3.63) is 35.5 Å². The molecule has 1 fully saturated rings. The van der Waals surface area contributed by atoms with Crippen molar-refractivity contribution < 1.29 is 48.6 Å². The third kappa shape index (κ3) is 8.03. The quantitative estimate of drug-likeness (QED) is 0.119. The highest BCUT2D eigenvalue weighted by Gasteiger charge is 2.44. The second-order valence-electron chi connectivity index (χ2n) is 11.9. The van der Waals surface area contributed by atoms with E-state index in [9.17, 15) is 43.5 Å². The molecule has 3 heterocycles. The van der Waals surface area contributed by atoms with E-state index < -0.39 is 103 Å². The Bertz CT molecular complexity index is 1620. The molecular formula is C30H37N7O10. The minimum Gasteiger partial charge on any atom is -0.481 e. The molecule has 2 aliphatic heterocycles. The predicted molar refractivity (Wildman–Crippen MR) is 162 cm³/mol. The van der Waals surface area contributed by atoms with Gasteiger partial charge in [0.1, 0.15) is 30.2 Å². The molecule has 6 amide bonds. The van der Waals surface area contributed by atoms with E-state index in [0.29, 0.717) is 6.42 Å². The van der Waals surface area contributed by atoms with Crippen molar-refractivity contribution in [2.24, 2.45) is 5.92 Å². The first-order valence-electron chi connectivity index (χ1n) is 15.0. The van der Waals surface area contributed by atoms with Crippen molar-refractivity contribution in [1.82, 2.24) is 36.5 Å². The number of aromatic nitrogens is 1. The van der Waals surface area contributed by atoms with Crippen molar-refractivity contribution in [3.63, 3.8) is 0 Å². The number of carboxylic acids is 2. The van der Waals surface area contributed by atoms with Crippen molar-refractivity contribution in [3.8, 4) is 0 Å². The molecule has 1 unspecified atom stereocenters. The predicted octanol–water partition coefficient (Wildman–Crippen LogP) is -1.88. The molecule has 4 rings (SSSR count). The van der Waals surface area contributed by atoms with Crippen LogP contribution >= 0.6 is 0 Å². The minimum absolute atomic E-state index is 0.173. The molecule has 2 aromatic rings. The number of para-hydroxylation sites is 1. The molecule has 0 bridgehead atoms. The van der Waals surface area contributed by atoms with Gasteiger partial charge in [0.25, 0.3) is 0 Å². The van der Waals surface area contributed by atoms with Crippen LogP contribution < -0.4 is 26.6 Å². The van der Waals surface area contributed by atoms with Crippen LogP contribution in [0.15, 0.2) is 24.3 Å².